The lowest BCUT2D eigenvalue weighted by atomic mass is 10.0. The molecule has 0 atom stereocenters. The summed E-state index contributed by atoms with van der Waals surface area (Å²) in [6.07, 6.45) is 3.97. The molecule has 2 nitrogen and oxygen atoms in total. The molecule has 0 aliphatic rings. The molecule has 0 saturated carbocycles. The molecule has 19 heavy (non-hydrogen) atoms. The molecule has 104 valence electrons. The summed E-state index contributed by atoms with van der Waals surface area (Å²) in [6, 6.07) is 10.2. The number of hydrogen-bond donors (Lipinski definition) is 1. The first-order valence-electron chi connectivity index (χ1n) is 6.75. The van der Waals surface area contributed by atoms with E-state index in [4.69, 9.17) is 0 Å². The normalized spacial score (nSPS) is 8.74. The third-order valence-electron chi connectivity index (χ3n) is 2.56. The highest BCUT2D eigenvalue weighted by Gasteiger charge is 1.99. The molecule has 1 heterocycles. The molecule has 0 aliphatic carbocycles. The van der Waals surface area contributed by atoms with Crippen molar-refractivity contribution in [2.45, 2.75) is 34.2 Å². The maximum atomic E-state index is 4.07. The minimum Gasteiger partial charge on any atom is -0.322 e. The average molecular weight is 258 g/mol. The maximum Gasteiger partial charge on any atom is 0.0566 e. The van der Waals surface area contributed by atoms with E-state index in [9.17, 15) is 0 Å². The third-order valence-corrected chi connectivity index (χ3v) is 2.56. The predicted octanol–water partition coefficient (Wildman–Crippen LogP) is 4.59. The van der Waals surface area contributed by atoms with Crippen LogP contribution in [0.5, 0.6) is 0 Å². The van der Waals surface area contributed by atoms with E-state index in [1.807, 2.05) is 43.0 Å². The molecule has 0 saturated heterocycles. The molecule has 0 amide bonds. The Morgan fingerprint density at radius 1 is 1.05 bits per heavy atom. The Bertz CT molecular complexity index is 431. The van der Waals surface area contributed by atoms with Crippen LogP contribution < -0.4 is 5.43 Å². The summed E-state index contributed by atoms with van der Waals surface area (Å²) in [7, 11) is 0. The highest BCUT2D eigenvalue weighted by molar-refractivity contribution is 5.37. The molecular formula is C17H26N2. The zero-order valence-electron chi connectivity index (χ0n) is 12.6. The summed E-state index contributed by atoms with van der Waals surface area (Å²) >= 11 is 0. The van der Waals surface area contributed by atoms with Crippen molar-refractivity contribution in [1.82, 2.24) is 4.68 Å². The van der Waals surface area contributed by atoms with Crippen LogP contribution in [0.1, 0.15) is 37.5 Å². The van der Waals surface area contributed by atoms with Crippen molar-refractivity contribution in [2.75, 3.05) is 5.43 Å². The van der Waals surface area contributed by atoms with Crippen molar-refractivity contribution in [3.63, 3.8) is 0 Å². The Labute approximate surface area is 118 Å². The quantitative estimate of drug-likeness (QED) is 0.852. The molecule has 0 spiro atoms. The van der Waals surface area contributed by atoms with Gasteiger partial charge in [0.25, 0.3) is 0 Å². The van der Waals surface area contributed by atoms with E-state index in [-0.39, 0.29) is 0 Å². The van der Waals surface area contributed by atoms with Gasteiger partial charge in [0.15, 0.2) is 0 Å². The molecule has 2 aromatic rings. The summed E-state index contributed by atoms with van der Waals surface area (Å²) in [5.41, 5.74) is 6.89. The topological polar surface area (TPSA) is 17.0 Å². The number of nitrogens with one attached hydrogen (secondary N) is 1. The molecule has 2 heteroatoms. The van der Waals surface area contributed by atoms with Gasteiger partial charge in [-0.05, 0) is 42.7 Å². The van der Waals surface area contributed by atoms with E-state index in [2.05, 4.69) is 44.4 Å². The lowest BCUT2D eigenvalue weighted by molar-refractivity contribution is 0.844. The lowest BCUT2D eigenvalue weighted by Crippen LogP contribution is -2.12. The van der Waals surface area contributed by atoms with Gasteiger partial charge in [-0.15, -0.1) is 0 Å². The molecule has 2 rings (SSSR count). The number of nitrogens with zero attached hydrogens (tertiary/aromatic N) is 1. The van der Waals surface area contributed by atoms with Crippen LogP contribution in [0.3, 0.4) is 0 Å². The summed E-state index contributed by atoms with van der Waals surface area (Å²) in [6.45, 7) is 16.0. The average Bonchev–Trinajstić information content (AvgIpc) is 2.98. The van der Waals surface area contributed by atoms with Gasteiger partial charge in [-0.1, -0.05) is 45.9 Å². The van der Waals surface area contributed by atoms with Crippen LogP contribution in [-0.2, 0) is 6.54 Å². The van der Waals surface area contributed by atoms with E-state index in [1.165, 1.54) is 11.1 Å². The van der Waals surface area contributed by atoms with Crippen LogP contribution in [0.15, 0.2) is 42.7 Å². The number of rotatable bonds is 3. The molecular weight excluding hydrogens is 232 g/mol. The van der Waals surface area contributed by atoms with Crippen molar-refractivity contribution in [1.29, 1.82) is 0 Å². The molecule has 0 bridgehead atoms. The number of benzene rings is 1. The van der Waals surface area contributed by atoms with Crippen LogP contribution in [-0.4, -0.2) is 4.68 Å². The second kappa shape index (κ2) is 10.2. The van der Waals surface area contributed by atoms with Crippen molar-refractivity contribution in [3.05, 3.63) is 73.3 Å². The maximum absolute atomic E-state index is 4.07. The monoisotopic (exact) mass is 258 g/mol. The Balaban J connectivity index is 0.000000741. The second-order valence-electron chi connectivity index (χ2n) is 3.64. The standard InChI is InChI=1S/C13H15N2.C2H6.C2H5/c1-11-6-5-7-13(12(11)2)10-14-15-8-3-4-9-15;2*1-2/h3-9,14H,2,10H2,1H3;1-2H3;1H2,2H3. The summed E-state index contributed by atoms with van der Waals surface area (Å²) in [5.74, 6) is 0. The predicted molar refractivity (Wildman–Crippen MR) is 85.5 cm³/mol. The molecule has 1 N–H and O–H groups in total. The first kappa shape index (κ1) is 17.3. The number of aryl methyl sites for hydroxylation is 1. The zero-order valence-corrected chi connectivity index (χ0v) is 12.6. The molecule has 0 fully saturated rings. The number of aromatic nitrogens is 1. The van der Waals surface area contributed by atoms with Crippen molar-refractivity contribution in [3.8, 4) is 0 Å². The Hall–Kier alpha value is -1.70. The molecule has 1 aromatic carbocycles. The molecule has 0 unspecified atom stereocenters. The minimum atomic E-state index is 0.801. The van der Waals surface area contributed by atoms with Crippen LogP contribution in [0.25, 0.3) is 0 Å². The van der Waals surface area contributed by atoms with Gasteiger partial charge in [0.2, 0.25) is 0 Å². The fourth-order valence-electron chi connectivity index (χ4n) is 1.55. The molecule has 1 aromatic heterocycles. The van der Waals surface area contributed by atoms with Crippen LogP contribution in [0.2, 0.25) is 0 Å². The third kappa shape index (κ3) is 5.64. The first-order chi connectivity index (χ1) is 9.27. The fourth-order valence-corrected chi connectivity index (χ4v) is 1.55. The van der Waals surface area contributed by atoms with Gasteiger partial charge in [0.05, 0.1) is 6.54 Å². The second-order valence-corrected chi connectivity index (χ2v) is 3.64. The van der Waals surface area contributed by atoms with Crippen molar-refractivity contribution < 1.29 is 0 Å². The van der Waals surface area contributed by atoms with Gasteiger partial charge in [0, 0.05) is 12.4 Å². The SMILES string of the molecule is CC.[CH2]C.[CH2]c1c(C)cccc1CNn1cccc1. The van der Waals surface area contributed by atoms with Crippen LogP contribution in [0.4, 0.5) is 0 Å². The van der Waals surface area contributed by atoms with E-state index < -0.39 is 0 Å². The van der Waals surface area contributed by atoms with E-state index in [1.54, 1.807) is 6.92 Å². The van der Waals surface area contributed by atoms with E-state index in [0.717, 1.165) is 12.1 Å². The smallest absolute Gasteiger partial charge is 0.0566 e. The fraction of sp³-hybridized carbons (Fsp3) is 0.294. The van der Waals surface area contributed by atoms with Gasteiger partial charge in [0.1, 0.15) is 0 Å². The minimum absolute atomic E-state index is 0.801. The largest absolute Gasteiger partial charge is 0.322 e. The molecule has 2 radical (unpaired) electrons. The summed E-state index contributed by atoms with van der Waals surface area (Å²) < 4.78 is 1.95. The zero-order chi connectivity index (χ0) is 14.7. The molecule has 0 aliphatic heterocycles. The van der Waals surface area contributed by atoms with E-state index in [0.29, 0.717) is 0 Å². The summed E-state index contributed by atoms with van der Waals surface area (Å²) in [5, 5.41) is 0. The summed E-state index contributed by atoms with van der Waals surface area (Å²) in [4.78, 5) is 0. The van der Waals surface area contributed by atoms with E-state index >= 15 is 0 Å². The Kier molecular flexibility index (Phi) is 9.33. The van der Waals surface area contributed by atoms with Crippen molar-refractivity contribution >= 4 is 0 Å². The van der Waals surface area contributed by atoms with Crippen LogP contribution >= 0.6 is 0 Å². The first-order valence-corrected chi connectivity index (χ1v) is 6.75. The van der Waals surface area contributed by atoms with Crippen LogP contribution in [0, 0.1) is 20.8 Å². The van der Waals surface area contributed by atoms with Gasteiger partial charge in [-0.25, -0.2) is 0 Å². The van der Waals surface area contributed by atoms with Crippen molar-refractivity contribution in [2.24, 2.45) is 0 Å². The van der Waals surface area contributed by atoms with Gasteiger partial charge in [-0.3, -0.25) is 4.68 Å². The van der Waals surface area contributed by atoms with Gasteiger partial charge in [-0.2, -0.15) is 0 Å². The highest BCUT2D eigenvalue weighted by Crippen LogP contribution is 2.12. The Morgan fingerprint density at radius 3 is 2.21 bits per heavy atom. The highest BCUT2D eigenvalue weighted by atomic mass is 15.4. The number of hydrogen-bond acceptors (Lipinski definition) is 1. The Morgan fingerprint density at radius 2 is 1.63 bits per heavy atom. The van der Waals surface area contributed by atoms with Gasteiger partial charge < -0.3 is 5.43 Å². The lowest BCUT2D eigenvalue weighted by Gasteiger charge is -2.11. The van der Waals surface area contributed by atoms with Gasteiger partial charge >= 0.3 is 0 Å².